The SMILES string of the molecule is C=CC(=O)OCc1ccc(OC(=O)C2CCC(C3CCC(CCC)CC3)CC2)cc1. The number of hydrogen-bond acceptors (Lipinski definition) is 4. The molecule has 0 atom stereocenters. The van der Waals surface area contributed by atoms with E-state index in [2.05, 4.69) is 13.5 Å². The van der Waals surface area contributed by atoms with E-state index in [4.69, 9.17) is 9.47 Å². The van der Waals surface area contributed by atoms with Gasteiger partial charge in [-0.2, -0.15) is 0 Å². The molecule has 1 aromatic carbocycles. The van der Waals surface area contributed by atoms with Crippen LogP contribution in [-0.4, -0.2) is 11.9 Å². The molecular weight excluding hydrogens is 376 g/mol. The normalized spacial score (nSPS) is 26.6. The first-order valence-corrected chi connectivity index (χ1v) is 11.7. The number of carbonyl (C=O) groups excluding carboxylic acids is 2. The van der Waals surface area contributed by atoms with Gasteiger partial charge in [-0.05, 0) is 74.0 Å². The highest BCUT2D eigenvalue weighted by atomic mass is 16.5. The van der Waals surface area contributed by atoms with Gasteiger partial charge < -0.3 is 9.47 Å². The molecule has 30 heavy (non-hydrogen) atoms. The highest BCUT2D eigenvalue weighted by molar-refractivity contribution is 5.81. The van der Waals surface area contributed by atoms with Gasteiger partial charge in [-0.1, -0.05) is 51.3 Å². The average Bonchev–Trinajstić information content (AvgIpc) is 2.79. The highest BCUT2D eigenvalue weighted by Gasteiger charge is 2.33. The molecule has 2 aliphatic carbocycles. The van der Waals surface area contributed by atoms with E-state index >= 15 is 0 Å². The van der Waals surface area contributed by atoms with Crippen LogP contribution in [0.4, 0.5) is 0 Å². The van der Waals surface area contributed by atoms with Crippen LogP contribution >= 0.6 is 0 Å². The van der Waals surface area contributed by atoms with Crippen LogP contribution in [0.2, 0.25) is 0 Å². The molecule has 4 heteroatoms. The van der Waals surface area contributed by atoms with Crippen LogP contribution in [-0.2, 0) is 20.9 Å². The zero-order valence-electron chi connectivity index (χ0n) is 18.3. The monoisotopic (exact) mass is 412 g/mol. The number of hydrogen-bond donors (Lipinski definition) is 0. The van der Waals surface area contributed by atoms with Gasteiger partial charge in [0.2, 0.25) is 0 Å². The van der Waals surface area contributed by atoms with E-state index < -0.39 is 5.97 Å². The summed E-state index contributed by atoms with van der Waals surface area (Å²) in [6.07, 6.45) is 13.7. The molecule has 0 aromatic heterocycles. The fourth-order valence-corrected chi connectivity index (χ4v) is 5.25. The third-order valence-electron chi connectivity index (χ3n) is 7.05. The van der Waals surface area contributed by atoms with Crippen molar-refractivity contribution >= 4 is 11.9 Å². The van der Waals surface area contributed by atoms with Gasteiger partial charge in [0, 0.05) is 6.08 Å². The number of carbonyl (C=O) groups is 2. The Morgan fingerprint density at radius 3 is 2.13 bits per heavy atom. The summed E-state index contributed by atoms with van der Waals surface area (Å²) in [5, 5.41) is 0. The van der Waals surface area contributed by atoms with Gasteiger partial charge in [-0.25, -0.2) is 4.79 Å². The lowest BCUT2D eigenvalue weighted by atomic mass is 9.69. The van der Waals surface area contributed by atoms with Crippen molar-refractivity contribution in [3.8, 4) is 5.75 Å². The van der Waals surface area contributed by atoms with Crippen molar-refractivity contribution < 1.29 is 19.1 Å². The van der Waals surface area contributed by atoms with E-state index in [1.165, 1.54) is 38.5 Å². The van der Waals surface area contributed by atoms with Gasteiger partial charge in [0.05, 0.1) is 5.92 Å². The Hall–Kier alpha value is -2.10. The molecule has 1 aromatic rings. The summed E-state index contributed by atoms with van der Waals surface area (Å²) < 4.78 is 10.6. The third-order valence-corrected chi connectivity index (χ3v) is 7.05. The van der Waals surface area contributed by atoms with Crippen molar-refractivity contribution in [2.75, 3.05) is 0 Å². The van der Waals surface area contributed by atoms with Crippen molar-refractivity contribution in [3.05, 3.63) is 42.5 Å². The molecule has 3 rings (SSSR count). The summed E-state index contributed by atoms with van der Waals surface area (Å²) in [6.45, 7) is 5.85. The molecule has 0 radical (unpaired) electrons. The molecule has 164 valence electrons. The van der Waals surface area contributed by atoms with Gasteiger partial charge >= 0.3 is 11.9 Å². The van der Waals surface area contributed by atoms with Crippen molar-refractivity contribution in [1.29, 1.82) is 0 Å². The molecule has 2 aliphatic rings. The second-order valence-corrected chi connectivity index (χ2v) is 9.06. The van der Waals surface area contributed by atoms with Gasteiger partial charge in [-0.3, -0.25) is 4.79 Å². The maximum atomic E-state index is 12.6. The van der Waals surface area contributed by atoms with Crippen molar-refractivity contribution in [3.63, 3.8) is 0 Å². The predicted octanol–water partition coefficient (Wildman–Crippen LogP) is 6.23. The quantitative estimate of drug-likeness (QED) is 0.288. The minimum Gasteiger partial charge on any atom is -0.458 e. The molecule has 0 N–H and O–H groups in total. The van der Waals surface area contributed by atoms with E-state index in [9.17, 15) is 9.59 Å². The first-order valence-electron chi connectivity index (χ1n) is 11.7. The van der Waals surface area contributed by atoms with Crippen LogP contribution in [0.1, 0.15) is 76.7 Å². The maximum absolute atomic E-state index is 12.6. The number of esters is 2. The second kappa shape index (κ2) is 11.3. The lowest BCUT2D eigenvalue weighted by Crippen LogP contribution is -2.30. The van der Waals surface area contributed by atoms with Crippen molar-refractivity contribution in [2.24, 2.45) is 23.7 Å². The smallest absolute Gasteiger partial charge is 0.330 e. The highest BCUT2D eigenvalue weighted by Crippen LogP contribution is 2.42. The Morgan fingerprint density at radius 1 is 0.967 bits per heavy atom. The summed E-state index contributed by atoms with van der Waals surface area (Å²) in [7, 11) is 0. The predicted molar refractivity (Wildman–Crippen MR) is 118 cm³/mol. The van der Waals surface area contributed by atoms with Gasteiger partial charge in [0.1, 0.15) is 12.4 Å². The molecule has 0 amide bonds. The molecule has 2 fully saturated rings. The number of ether oxygens (including phenoxy) is 2. The molecule has 0 bridgehead atoms. The van der Waals surface area contributed by atoms with Crippen LogP contribution in [0.3, 0.4) is 0 Å². The molecular formula is C26H36O4. The van der Waals surface area contributed by atoms with E-state index in [1.807, 2.05) is 12.1 Å². The molecule has 4 nitrogen and oxygen atoms in total. The van der Waals surface area contributed by atoms with Crippen LogP contribution < -0.4 is 4.74 Å². The molecule has 2 saturated carbocycles. The number of rotatable bonds is 8. The number of benzene rings is 1. The first kappa shape index (κ1) is 22.6. The van der Waals surface area contributed by atoms with Crippen molar-refractivity contribution in [1.82, 2.24) is 0 Å². The lowest BCUT2D eigenvalue weighted by molar-refractivity contribution is -0.140. The summed E-state index contributed by atoms with van der Waals surface area (Å²) in [4.78, 5) is 23.7. The van der Waals surface area contributed by atoms with E-state index in [-0.39, 0.29) is 18.5 Å². The lowest BCUT2D eigenvalue weighted by Gasteiger charge is -2.37. The standard InChI is InChI=1S/C26H36O4/c1-3-5-19-6-10-21(11-7-19)22-12-14-23(15-13-22)26(28)30-24-16-8-20(9-17-24)18-29-25(27)4-2/h4,8-9,16-17,19,21-23H,2-3,5-7,10-15,18H2,1H3. The largest absolute Gasteiger partial charge is 0.458 e. The summed E-state index contributed by atoms with van der Waals surface area (Å²) in [5.74, 6) is 2.65. The Balaban J connectivity index is 1.40. The van der Waals surface area contributed by atoms with Gasteiger partial charge in [0.15, 0.2) is 0 Å². The Morgan fingerprint density at radius 2 is 1.57 bits per heavy atom. The van der Waals surface area contributed by atoms with Crippen LogP contribution in [0.5, 0.6) is 5.75 Å². The molecule has 0 aliphatic heterocycles. The minimum absolute atomic E-state index is 0.0194. The Bertz CT molecular complexity index is 692. The maximum Gasteiger partial charge on any atom is 0.330 e. The van der Waals surface area contributed by atoms with E-state index in [1.54, 1.807) is 12.1 Å². The van der Waals surface area contributed by atoms with E-state index in [0.717, 1.165) is 55.1 Å². The molecule has 0 heterocycles. The van der Waals surface area contributed by atoms with Crippen LogP contribution in [0.15, 0.2) is 36.9 Å². The Kier molecular flexibility index (Phi) is 8.53. The second-order valence-electron chi connectivity index (χ2n) is 9.06. The molecule has 0 unspecified atom stereocenters. The zero-order valence-corrected chi connectivity index (χ0v) is 18.3. The summed E-state index contributed by atoms with van der Waals surface area (Å²) >= 11 is 0. The molecule has 0 spiro atoms. The van der Waals surface area contributed by atoms with Crippen LogP contribution in [0, 0.1) is 23.7 Å². The fourth-order valence-electron chi connectivity index (χ4n) is 5.25. The average molecular weight is 413 g/mol. The zero-order chi connectivity index (χ0) is 21.3. The third kappa shape index (κ3) is 6.45. The summed E-state index contributed by atoms with van der Waals surface area (Å²) in [5.41, 5.74) is 0.846. The van der Waals surface area contributed by atoms with Crippen molar-refractivity contribution in [2.45, 2.75) is 77.7 Å². The Labute approximate surface area is 181 Å². The fraction of sp³-hybridized carbons (Fsp3) is 0.615. The topological polar surface area (TPSA) is 52.6 Å². The van der Waals surface area contributed by atoms with Gasteiger partial charge in [-0.15, -0.1) is 0 Å². The minimum atomic E-state index is -0.449. The molecule has 0 saturated heterocycles. The summed E-state index contributed by atoms with van der Waals surface area (Å²) in [6, 6.07) is 7.14. The van der Waals surface area contributed by atoms with Gasteiger partial charge in [0.25, 0.3) is 0 Å². The van der Waals surface area contributed by atoms with Crippen LogP contribution in [0.25, 0.3) is 0 Å². The van der Waals surface area contributed by atoms with E-state index in [0.29, 0.717) is 5.75 Å². The first-order chi connectivity index (χ1) is 14.6.